The zero-order valence-corrected chi connectivity index (χ0v) is 36.6. The maximum Gasteiger partial charge on any atom is 0.678 e. The van der Waals surface area contributed by atoms with Gasteiger partial charge in [0.2, 0.25) is 0 Å². The zero-order valence-electron chi connectivity index (χ0n) is 33.4. The minimum atomic E-state index is -5.40. The molecule has 0 bridgehead atoms. The van der Waals surface area contributed by atoms with Crippen molar-refractivity contribution in [2.24, 2.45) is 4.99 Å². The lowest BCUT2D eigenvalue weighted by Gasteiger charge is -2.23. The standard InChI is InChI=1S/C46H27BBr2F14N2/c1-22-12-23(2)39(24(3)13-22)40(41-35(20-37(64-41)25-4-8-33(48)9-5-25)27-14-29(43(50,51)52)18-30(15-27)44(53,54)55)42-36(21-38(65(42)47(62)63)26-6-10-34(49)11-7-26)28-16-31(45(56,57)58)19-32(17-28)46(59,60)61/h4-21H,1-3H3/b41-40-. The highest BCUT2D eigenvalue weighted by Crippen LogP contribution is 2.50. The fraction of sp³-hybridized carbons (Fsp3) is 0.152. The van der Waals surface area contributed by atoms with Gasteiger partial charge in [-0.3, -0.25) is 8.63 Å². The number of hydrogen-bond donors (Lipinski definition) is 0. The summed E-state index contributed by atoms with van der Waals surface area (Å²) in [5, 5.41) is 0. The quantitative estimate of drug-likeness (QED) is 0.112. The number of benzene rings is 5. The lowest BCUT2D eigenvalue weighted by atomic mass is 9.85. The highest BCUT2D eigenvalue weighted by Gasteiger charge is 2.41. The van der Waals surface area contributed by atoms with E-state index in [0.717, 1.165) is 12.1 Å². The molecule has 0 fully saturated rings. The van der Waals surface area contributed by atoms with E-state index in [2.05, 4.69) is 31.9 Å². The molecule has 2 heterocycles. The Morgan fingerprint density at radius 3 is 1.35 bits per heavy atom. The second kappa shape index (κ2) is 17.1. The molecule has 0 unspecified atom stereocenters. The molecule has 0 N–H and O–H groups in total. The predicted molar refractivity (Wildman–Crippen MR) is 228 cm³/mol. The molecule has 65 heavy (non-hydrogen) atoms. The molecule has 0 saturated heterocycles. The molecule has 0 radical (unpaired) electrons. The molecule has 1 aliphatic heterocycles. The fourth-order valence-electron chi connectivity index (χ4n) is 7.79. The smallest absolute Gasteiger partial charge is 0.324 e. The van der Waals surface area contributed by atoms with E-state index in [9.17, 15) is 52.7 Å². The first-order valence-corrected chi connectivity index (χ1v) is 20.5. The van der Waals surface area contributed by atoms with Crippen LogP contribution in [0.4, 0.5) is 61.3 Å². The fourth-order valence-corrected chi connectivity index (χ4v) is 8.32. The Labute approximate surface area is 378 Å². The molecule has 0 aliphatic carbocycles. The molecule has 0 amide bonds. The van der Waals surface area contributed by atoms with Crippen LogP contribution in [0.15, 0.2) is 129 Å². The van der Waals surface area contributed by atoms with Crippen LogP contribution < -0.4 is 0 Å². The summed E-state index contributed by atoms with van der Waals surface area (Å²) in [5.74, 6) is 0. The minimum absolute atomic E-state index is 0.000316. The van der Waals surface area contributed by atoms with Gasteiger partial charge < -0.3 is 4.48 Å². The molecule has 0 spiro atoms. The summed E-state index contributed by atoms with van der Waals surface area (Å²) in [6.45, 7) is 4.69. The third-order valence-corrected chi connectivity index (χ3v) is 11.5. The molecular formula is C46H27BBr2F14N2. The van der Waals surface area contributed by atoms with Gasteiger partial charge in [0.25, 0.3) is 0 Å². The minimum Gasteiger partial charge on any atom is -0.324 e. The zero-order chi connectivity index (χ0) is 47.7. The van der Waals surface area contributed by atoms with Gasteiger partial charge in [-0.1, -0.05) is 73.8 Å². The second-order valence-electron chi connectivity index (χ2n) is 15.1. The maximum atomic E-state index is 16.2. The summed E-state index contributed by atoms with van der Waals surface area (Å²) >= 11 is 6.54. The Morgan fingerprint density at radius 1 is 0.523 bits per heavy atom. The maximum absolute atomic E-state index is 16.2. The highest BCUT2D eigenvalue weighted by molar-refractivity contribution is 9.10. The van der Waals surface area contributed by atoms with Crippen LogP contribution >= 0.6 is 31.9 Å². The molecule has 1 aliphatic rings. The highest BCUT2D eigenvalue weighted by atomic mass is 79.9. The largest absolute Gasteiger partial charge is 0.678 e. The number of alkyl halides is 12. The van der Waals surface area contributed by atoms with Crippen molar-refractivity contribution in [3.63, 3.8) is 0 Å². The van der Waals surface area contributed by atoms with Crippen LogP contribution in [0.1, 0.15) is 61.3 Å². The molecule has 336 valence electrons. The van der Waals surface area contributed by atoms with Gasteiger partial charge in [-0.15, -0.1) is 0 Å². The first-order valence-electron chi connectivity index (χ1n) is 18.9. The van der Waals surface area contributed by atoms with Crippen LogP contribution in [-0.4, -0.2) is 17.6 Å². The van der Waals surface area contributed by atoms with E-state index in [4.69, 9.17) is 4.99 Å². The van der Waals surface area contributed by atoms with Crippen LogP contribution in [0, 0.1) is 20.8 Å². The first-order chi connectivity index (χ1) is 30.1. The summed E-state index contributed by atoms with van der Waals surface area (Å²) in [5.41, 5.74) is -10.6. The average Bonchev–Trinajstić information content (AvgIpc) is 3.82. The van der Waals surface area contributed by atoms with Crippen LogP contribution in [0.5, 0.6) is 0 Å². The van der Waals surface area contributed by atoms with Gasteiger partial charge in [-0.2, -0.15) is 52.7 Å². The molecule has 7 rings (SSSR count). The van der Waals surface area contributed by atoms with Gasteiger partial charge in [-0.05, 0) is 127 Å². The summed E-state index contributed by atoms with van der Waals surface area (Å²) in [6, 6.07) is 17.0. The van der Waals surface area contributed by atoms with Gasteiger partial charge >= 0.3 is 32.1 Å². The van der Waals surface area contributed by atoms with Gasteiger partial charge in [0.15, 0.2) is 0 Å². The van der Waals surface area contributed by atoms with E-state index >= 15 is 8.63 Å². The van der Waals surface area contributed by atoms with E-state index in [1.807, 2.05) is 0 Å². The summed E-state index contributed by atoms with van der Waals surface area (Å²) in [6.07, 6.45) is -20.3. The van der Waals surface area contributed by atoms with Gasteiger partial charge in [0, 0.05) is 36.9 Å². The van der Waals surface area contributed by atoms with Gasteiger partial charge in [0.1, 0.15) is 0 Å². The molecule has 0 saturated carbocycles. The van der Waals surface area contributed by atoms with E-state index in [1.54, 1.807) is 31.2 Å². The molecule has 6 aromatic rings. The van der Waals surface area contributed by atoms with Gasteiger partial charge in [-0.25, -0.2) is 4.99 Å². The Morgan fingerprint density at radius 2 is 0.938 bits per heavy atom. The van der Waals surface area contributed by atoms with Crippen molar-refractivity contribution in [3.8, 4) is 22.4 Å². The molecule has 0 atom stereocenters. The lowest BCUT2D eigenvalue weighted by molar-refractivity contribution is -0.144. The van der Waals surface area contributed by atoms with E-state index in [-0.39, 0.29) is 45.7 Å². The van der Waals surface area contributed by atoms with Crippen LogP contribution in [0.2, 0.25) is 0 Å². The summed E-state index contributed by atoms with van der Waals surface area (Å²) in [7, 11) is -3.64. The van der Waals surface area contributed by atoms with Crippen LogP contribution in [0.25, 0.3) is 33.5 Å². The molecular weight excluding hydrogens is 1020 g/mol. The van der Waals surface area contributed by atoms with Crippen molar-refractivity contribution in [1.82, 2.24) is 4.48 Å². The number of aliphatic imine (C=N–C) groups is 1. The van der Waals surface area contributed by atoms with Crippen molar-refractivity contribution in [3.05, 3.63) is 185 Å². The third-order valence-electron chi connectivity index (χ3n) is 10.5. The Kier molecular flexibility index (Phi) is 12.5. The Bertz CT molecular complexity index is 2850. The van der Waals surface area contributed by atoms with Crippen molar-refractivity contribution < 1.29 is 61.3 Å². The van der Waals surface area contributed by atoms with Crippen molar-refractivity contribution in [1.29, 1.82) is 0 Å². The van der Waals surface area contributed by atoms with E-state index in [1.165, 1.54) is 50.2 Å². The van der Waals surface area contributed by atoms with Gasteiger partial charge in [0.05, 0.1) is 39.4 Å². The van der Waals surface area contributed by atoms with Crippen molar-refractivity contribution >= 4 is 56.1 Å². The van der Waals surface area contributed by atoms with Crippen molar-refractivity contribution in [2.75, 3.05) is 0 Å². The lowest BCUT2D eigenvalue weighted by Crippen LogP contribution is -2.19. The van der Waals surface area contributed by atoms with Crippen LogP contribution in [-0.2, 0) is 24.7 Å². The number of hydrogen-bond acceptors (Lipinski definition) is 1. The first kappa shape index (κ1) is 47.5. The monoisotopic (exact) mass is 1040 g/mol. The van der Waals surface area contributed by atoms with Crippen LogP contribution in [0.3, 0.4) is 0 Å². The van der Waals surface area contributed by atoms with Crippen molar-refractivity contribution in [2.45, 2.75) is 45.5 Å². The second-order valence-corrected chi connectivity index (χ2v) is 16.9. The topological polar surface area (TPSA) is 17.3 Å². The number of halogens is 16. The number of allylic oxidation sites excluding steroid dienone is 2. The summed E-state index contributed by atoms with van der Waals surface area (Å²) in [4.78, 5) is 4.73. The van der Waals surface area contributed by atoms with E-state index < -0.39 is 99.3 Å². The predicted octanol–water partition coefficient (Wildman–Crippen LogP) is 16.5. The van der Waals surface area contributed by atoms with E-state index in [0.29, 0.717) is 43.3 Å². The third kappa shape index (κ3) is 9.76. The molecule has 1 aromatic heterocycles. The molecule has 2 nitrogen and oxygen atoms in total. The summed E-state index contributed by atoms with van der Waals surface area (Å²) < 4.78 is 207. The number of nitrogens with zero attached hydrogens (tertiary/aromatic N) is 2. The molecule has 19 heteroatoms. The Hall–Kier alpha value is -5.43. The SMILES string of the molecule is Cc1cc(C)c(/C(=C2/N=C(c3ccc(Br)cc3)C=C2c2cc(C(F)(F)F)cc(C(F)(F)F)c2)c2c(-c3cc(C(F)(F)F)cc(C(F)(F)F)c3)cc(-c3ccc(Br)cc3)n2B(F)F)c(C)c1. The number of rotatable bonds is 7. The average molecular weight is 1040 g/mol. The number of aryl methyl sites for hydroxylation is 3. The molecule has 5 aromatic carbocycles. The Balaban J connectivity index is 1.76. The normalized spacial score (nSPS) is 14.4. The number of aromatic nitrogens is 1.